The average Bonchev–Trinajstić information content (AvgIpc) is 2.66. The van der Waals surface area contributed by atoms with Gasteiger partial charge in [0.25, 0.3) is 0 Å². The molecule has 2 unspecified atom stereocenters. The molecule has 0 aromatic carbocycles. The van der Waals surface area contributed by atoms with Crippen LogP contribution in [0.5, 0.6) is 0 Å². The summed E-state index contributed by atoms with van der Waals surface area (Å²) < 4.78 is 5.18. The Kier molecular flexibility index (Phi) is 4.81. The van der Waals surface area contributed by atoms with Gasteiger partial charge < -0.3 is 4.74 Å². The number of rotatable bonds is 5. The first kappa shape index (κ1) is 11.1. The Bertz CT molecular complexity index is 164. The Morgan fingerprint density at radius 1 is 1.69 bits per heavy atom. The van der Waals surface area contributed by atoms with Crippen LogP contribution in [0, 0.1) is 5.92 Å². The predicted molar refractivity (Wildman–Crippen MR) is 56.1 cm³/mol. The first-order valence-electron chi connectivity index (χ1n) is 4.96. The van der Waals surface area contributed by atoms with Gasteiger partial charge in [-0.15, -0.1) is 0 Å². The summed E-state index contributed by atoms with van der Waals surface area (Å²) in [5.74, 6) is 1.24. The standard InChI is InChI=1S/C10H18O2S/c1-3-8(2)13-7-10(11)9-4-5-12-6-9/h8-9H,3-7H2,1-2H3. The molecule has 76 valence electrons. The number of thioether (sulfide) groups is 1. The van der Waals surface area contributed by atoms with Crippen molar-refractivity contribution >= 4 is 17.5 Å². The Labute approximate surface area is 84.4 Å². The van der Waals surface area contributed by atoms with Gasteiger partial charge in [-0.3, -0.25) is 4.79 Å². The zero-order chi connectivity index (χ0) is 9.68. The van der Waals surface area contributed by atoms with Crippen molar-refractivity contribution in [1.29, 1.82) is 0 Å². The maximum Gasteiger partial charge on any atom is 0.148 e. The zero-order valence-corrected chi connectivity index (χ0v) is 9.23. The van der Waals surface area contributed by atoms with Crippen molar-refractivity contribution in [2.24, 2.45) is 5.92 Å². The van der Waals surface area contributed by atoms with Crippen molar-refractivity contribution in [1.82, 2.24) is 0 Å². The van der Waals surface area contributed by atoms with Crippen LogP contribution in [0.2, 0.25) is 0 Å². The molecule has 1 aliphatic heterocycles. The Hall–Kier alpha value is -0.0200. The molecule has 0 spiro atoms. The van der Waals surface area contributed by atoms with Crippen molar-refractivity contribution in [3.63, 3.8) is 0 Å². The predicted octanol–water partition coefficient (Wildman–Crippen LogP) is 2.12. The molecule has 0 saturated carbocycles. The Balaban J connectivity index is 2.16. The fourth-order valence-corrected chi connectivity index (χ4v) is 2.17. The highest BCUT2D eigenvalue weighted by Gasteiger charge is 2.23. The molecule has 2 nitrogen and oxygen atoms in total. The van der Waals surface area contributed by atoms with Gasteiger partial charge in [0, 0.05) is 17.8 Å². The molecule has 3 heteroatoms. The fourth-order valence-electron chi connectivity index (χ4n) is 1.25. The van der Waals surface area contributed by atoms with Crippen molar-refractivity contribution in [2.75, 3.05) is 19.0 Å². The van der Waals surface area contributed by atoms with E-state index in [1.165, 1.54) is 0 Å². The van der Waals surface area contributed by atoms with Crippen LogP contribution in [-0.4, -0.2) is 30.0 Å². The van der Waals surface area contributed by atoms with Gasteiger partial charge in [0.05, 0.1) is 12.4 Å². The minimum absolute atomic E-state index is 0.191. The van der Waals surface area contributed by atoms with Crippen LogP contribution in [0.15, 0.2) is 0 Å². The molecule has 0 radical (unpaired) electrons. The summed E-state index contributed by atoms with van der Waals surface area (Å²) in [6, 6.07) is 0. The van der Waals surface area contributed by atoms with E-state index in [9.17, 15) is 4.79 Å². The summed E-state index contributed by atoms with van der Waals surface area (Å²) in [7, 11) is 0. The van der Waals surface area contributed by atoms with Crippen molar-refractivity contribution < 1.29 is 9.53 Å². The summed E-state index contributed by atoms with van der Waals surface area (Å²) in [4.78, 5) is 11.6. The second kappa shape index (κ2) is 5.66. The van der Waals surface area contributed by atoms with E-state index in [1.54, 1.807) is 11.8 Å². The second-order valence-electron chi connectivity index (χ2n) is 3.56. The topological polar surface area (TPSA) is 26.3 Å². The van der Waals surface area contributed by atoms with Gasteiger partial charge in [-0.1, -0.05) is 13.8 Å². The first-order valence-corrected chi connectivity index (χ1v) is 6.01. The van der Waals surface area contributed by atoms with Crippen molar-refractivity contribution in [3.05, 3.63) is 0 Å². The number of hydrogen-bond donors (Lipinski definition) is 0. The third-order valence-electron chi connectivity index (χ3n) is 2.47. The summed E-state index contributed by atoms with van der Waals surface area (Å²) in [6.45, 7) is 5.74. The molecule has 0 aromatic rings. The van der Waals surface area contributed by atoms with Gasteiger partial charge in [0.15, 0.2) is 0 Å². The van der Waals surface area contributed by atoms with Crippen molar-refractivity contribution in [2.45, 2.75) is 31.9 Å². The second-order valence-corrected chi connectivity index (χ2v) is 4.98. The van der Waals surface area contributed by atoms with Crippen LogP contribution in [0.3, 0.4) is 0 Å². The molecular weight excluding hydrogens is 184 g/mol. The summed E-state index contributed by atoms with van der Waals surface area (Å²) in [5, 5.41) is 0.603. The van der Waals surface area contributed by atoms with Crippen LogP contribution >= 0.6 is 11.8 Å². The highest BCUT2D eigenvalue weighted by molar-refractivity contribution is 8.00. The minimum atomic E-state index is 0.191. The van der Waals surface area contributed by atoms with Gasteiger partial charge in [0.1, 0.15) is 5.78 Å². The smallest absolute Gasteiger partial charge is 0.148 e. The molecule has 0 N–H and O–H groups in total. The highest BCUT2D eigenvalue weighted by atomic mass is 32.2. The van der Waals surface area contributed by atoms with Gasteiger partial charge in [-0.05, 0) is 12.8 Å². The molecule has 1 fully saturated rings. The van der Waals surface area contributed by atoms with E-state index in [1.807, 2.05) is 0 Å². The highest BCUT2D eigenvalue weighted by Crippen LogP contribution is 2.19. The summed E-state index contributed by atoms with van der Waals surface area (Å²) >= 11 is 1.77. The van der Waals surface area contributed by atoms with Crippen LogP contribution in [-0.2, 0) is 9.53 Å². The van der Waals surface area contributed by atoms with Gasteiger partial charge in [-0.2, -0.15) is 11.8 Å². The normalized spacial score (nSPS) is 24.6. The monoisotopic (exact) mass is 202 g/mol. The lowest BCUT2D eigenvalue weighted by molar-refractivity contribution is -0.120. The molecule has 0 amide bonds. The van der Waals surface area contributed by atoms with Crippen LogP contribution in [0.1, 0.15) is 26.7 Å². The maximum atomic E-state index is 11.6. The van der Waals surface area contributed by atoms with E-state index in [4.69, 9.17) is 4.74 Å². The third kappa shape index (κ3) is 3.69. The van der Waals surface area contributed by atoms with E-state index in [2.05, 4.69) is 13.8 Å². The molecular formula is C10H18O2S. The molecule has 1 heterocycles. The van der Waals surface area contributed by atoms with E-state index >= 15 is 0 Å². The largest absolute Gasteiger partial charge is 0.381 e. The SMILES string of the molecule is CCC(C)SCC(=O)C1CCOC1. The number of ether oxygens (including phenoxy) is 1. The minimum Gasteiger partial charge on any atom is -0.381 e. The molecule has 0 aromatic heterocycles. The van der Waals surface area contributed by atoms with Gasteiger partial charge in [-0.25, -0.2) is 0 Å². The average molecular weight is 202 g/mol. The molecule has 1 saturated heterocycles. The number of hydrogen-bond acceptors (Lipinski definition) is 3. The Morgan fingerprint density at radius 3 is 3.00 bits per heavy atom. The number of carbonyl (C=O) groups is 1. The Morgan fingerprint density at radius 2 is 2.46 bits per heavy atom. The van der Waals surface area contributed by atoms with Crippen LogP contribution in [0.4, 0.5) is 0 Å². The number of Topliss-reactive ketones (excluding diaryl/α,β-unsaturated/α-hetero) is 1. The third-order valence-corrected chi connectivity index (χ3v) is 3.82. The first-order chi connectivity index (χ1) is 6.24. The lowest BCUT2D eigenvalue weighted by Crippen LogP contribution is -2.17. The summed E-state index contributed by atoms with van der Waals surface area (Å²) in [5.41, 5.74) is 0. The molecule has 0 aliphatic carbocycles. The van der Waals surface area contributed by atoms with Crippen LogP contribution < -0.4 is 0 Å². The van der Waals surface area contributed by atoms with Crippen LogP contribution in [0.25, 0.3) is 0 Å². The molecule has 2 atom stereocenters. The molecule has 0 bridgehead atoms. The van der Waals surface area contributed by atoms with E-state index in [0.717, 1.165) is 19.4 Å². The van der Waals surface area contributed by atoms with E-state index in [-0.39, 0.29) is 5.92 Å². The number of carbonyl (C=O) groups excluding carboxylic acids is 1. The molecule has 1 rings (SSSR count). The summed E-state index contributed by atoms with van der Waals surface area (Å²) in [6.07, 6.45) is 2.07. The van der Waals surface area contributed by atoms with Crippen molar-refractivity contribution in [3.8, 4) is 0 Å². The fraction of sp³-hybridized carbons (Fsp3) is 0.900. The van der Waals surface area contributed by atoms with Gasteiger partial charge >= 0.3 is 0 Å². The van der Waals surface area contributed by atoms with E-state index < -0.39 is 0 Å². The molecule has 1 aliphatic rings. The molecule has 13 heavy (non-hydrogen) atoms. The lowest BCUT2D eigenvalue weighted by atomic mass is 10.1. The van der Waals surface area contributed by atoms with E-state index in [0.29, 0.717) is 23.4 Å². The zero-order valence-electron chi connectivity index (χ0n) is 8.41. The number of ketones is 1. The maximum absolute atomic E-state index is 11.6. The van der Waals surface area contributed by atoms with Gasteiger partial charge in [0.2, 0.25) is 0 Å². The lowest BCUT2D eigenvalue weighted by Gasteiger charge is -2.09. The quantitative estimate of drug-likeness (QED) is 0.683.